The van der Waals surface area contributed by atoms with Gasteiger partial charge >= 0.3 is 0 Å². The van der Waals surface area contributed by atoms with Gasteiger partial charge in [0.2, 0.25) is 0 Å². The Hall–Kier alpha value is -1.12. The Labute approximate surface area is 96.7 Å². The van der Waals surface area contributed by atoms with Crippen molar-refractivity contribution in [3.63, 3.8) is 0 Å². The van der Waals surface area contributed by atoms with Crippen LogP contribution in [0.25, 0.3) is 0 Å². The molecule has 3 heteroatoms. The summed E-state index contributed by atoms with van der Waals surface area (Å²) in [5.74, 6) is 4.74. The number of hydrogen-bond donors (Lipinski definition) is 1. The number of aromatic nitrogens is 2. The summed E-state index contributed by atoms with van der Waals surface area (Å²) in [6, 6.07) is 1.96. The molecule has 2 aliphatic carbocycles. The molecular formula is C13H19N3. The molecule has 2 saturated carbocycles. The van der Waals surface area contributed by atoms with Crippen LogP contribution < -0.4 is 5.32 Å². The largest absolute Gasteiger partial charge is 0.370 e. The first-order chi connectivity index (χ1) is 7.83. The summed E-state index contributed by atoms with van der Waals surface area (Å²) in [6.45, 7) is 3.04. The Balaban J connectivity index is 1.58. The van der Waals surface area contributed by atoms with Gasteiger partial charge in [0.1, 0.15) is 11.6 Å². The molecule has 1 aromatic rings. The molecule has 86 valence electrons. The summed E-state index contributed by atoms with van der Waals surface area (Å²) < 4.78 is 0. The Morgan fingerprint density at radius 1 is 1.31 bits per heavy atom. The molecule has 2 aliphatic rings. The van der Waals surface area contributed by atoms with E-state index in [1.807, 2.05) is 19.2 Å². The molecule has 3 nitrogen and oxygen atoms in total. The van der Waals surface area contributed by atoms with Crippen molar-refractivity contribution in [1.82, 2.24) is 9.97 Å². The van der Waals surface area contributed by atoms with Gasteiger partial charge in [-0.1, -0.05) is 0 Å². The SMILES string of the molecule is Cc1nccc(NCC(C2CC2)C2CC2)n1. The number of rotatable bonds is 5. The van der Waals surface area contributed by atoms with Gasteiger partial charge in [0.05, 0.1) is 0 Å². The highest BCUT2D eigenvalue weighted by molar-refractivity contribution is 5.32. The van der Waals surface area contributed by atoms with Crippen LogP contribution >= 0.6 is 0 Å². The zero-order chi connectivity index (χ0) is 11.0. The fourth-order valence-electron chi connectivity index (χ4n) is 2.54. The molecule has 0 unspecified atom stereocenters. The molecular weight excluding hydrogens is 198 g/mol. The lowest BCUT2D eigenvalue weighted by Crippen LogP contribution is -2.18. The van der Waals surface area contributed by atoms with Crippen LogP contribution in [0.4, 0.5) is 5.82 Å². The first-order valence-corrected chi connectivity index (χ1v) is 6.36. The minimum atomic E-state index is 0.847. The highest BCUT2D eigenvalue weighted by Gasteiger charge is 2.40. The van der Waals surface area contributed by atoms with Crippen LogP contribution in [0.2, 0.25) is 0 Å². The molecule has 0 bridgehead atoms. The van der Waals surface area contributed by atoms with Crippen molar-refractivity contribution < 1.29 is 0 Å². The molecule has 1 heterocycles. The molecule has 0 saturated heterocycles. The molecule has 1 N–H and O–H groups in total. The first kappa shape index (κ1) is 10.1. The smallest absolute Gasteiger partial charge is 0.129 e. The summed E-state index contributed by atoms with van der Waals surface area (Å²) in [7, 11) is 0. The van der Waals surface area contributed by atoms with E-state index in [0.717, 1.165) is 35.9 Å². The quantitative estimate of drug-likeness (QED) is 0.824. The van der Waals surface area contributed by atoms with Crippen molar-refractivity contribution >= 4 is 5.82 Å². The third-order valence-corrected chi connectivity index (χ3v) is 3.75. The highest BCUT2D eigenvalue weighted by Crippen LogP contribution is 2.49. The zero-order valence-electron chi connectivity index (χ0n) is 9.82. The summed E-state index contributed by atoms with van der Waals surface area (Å²) in [6.07, 6.45) is 7.63. The van der Waals surface area contributed by atoms with Crippen molar-refractivity contribution in [3.8, 4) is 0 Å². The van der Waals surface area contributed by atoms with Crippen molar-refractivity contribution in [3.05, 3.63) is 18.1 Å². The standard InChI is InChI=1S/C13H19N3/c1-9-14-7-6-13(16-9)15-8-12(10-2-3-10)11-4-5-11/h6-7,10-12H,2-5,8H2,1H3,(H,14,15,16). The van der Waals surface area contributed by atoms with Gasteiger partial charge < -0.3 is 5.32 Å². The van der Waals surface area contributed by atoms with Crippen molar-refractivity contribution in [2.75, 3.05) is 11.9 Å². The minimum Gasteiger partial charge on any atom is -0.370 e. The summed E-state index contributed by atoms with van der Waals surface area (Å²) in [5.41, 5.74) is 0. The number of anilines is 1. The second kappa shape index (κ2) is 4.04. The van der Waals surface area contributed by atoms with Crippen molar-refractivity contribution in [1.29, 1.82) is 0 Å². The Kier molecular flexibility index (Phi) is 2.54. The number of aryl methyl sites for hydroxylation is 1. The molecule has 1 aromatic heterocycles. The maximum Gasteiger partial charge on any atom is 0.129 e. The van der Waals surface area contributed by atoms with E-state index in [1.165, 1.54) is 25.7 Å². The summed E-state index contributed by atoms with van der Waals surface area (Å²) >= 11 is 0. The fraction of sp³-hybridized carbons (Fsp3) is 0.692. The molecule has 3 rings (SSSR count). The van der Waals surface area contributed by atoms with Crippen LogP contribution in [-0.2, 0) is 0 Å². The lowest BCUT2D eigenvalue weighted by molar-refractivity contribution is 0.427. The molecule has 0 atom stereocenters. The van der Waals surface area contributed by atoms with Gasteiger partial charge in [0.25, 0.3) is 0 Å². The minimum absolute atomic E-state index is 0.847. The third-order valence-electron chi connectivity index (χ3n) is 3.75. The lowest BCUT2D eigenvalue weighted by Gasteiger charge is -2.16. The molecule has 2 fully saturated rings. The highest BCUT2D eigenvalue weighted by atomic mass is 15.0. The second-order valence-electron chi connectivity index (χ2n) is 5.21. The van der Waals surface area contributed by atoms with E-state index in [1.54, 1.807) is 0 Å². The lowest BCUT2D eigenvalue weighted by atomic mass is 9.98. The van der Waals surface area contributed by atoms with E-state index in [-0.39, 0.29) is 0 Å². The van der Waals surface area contributed by atoms with Gasteiger partial charge in [0.15, 0.2) is 0 Å². The van der Waals surface area contributed by atoms with Crippen LogP contribution in [0.5, 0.6) is 0 Å². The maximum absolute atomic E-state index is 4.38. The molecule has 0 aliphatic heterocycles. The average molecular weight is 217 g/mol. The van der Waals surface area contributed by atoms with E-state index in [9.17, 15) is 0 Å². The number of hydrogen-bond acceptors (Lipinski definition) is 3. The van der Waals surface area contributed by atoms with Gasteiger partial charge in [-0.05, 0) is 56.4 Å². The van der Waals surface area contributed by atoms with Crippen LogP contribution in [0.3, 0.4) is 0 Å². The fourth-order valence-corrected chi connectivity index (χ4v) is 2.54. The molecule has 16 heavy (non-hydrogen) atoms. The average Bonchev–Trinajstić information content (AvgIpc) is 3.13. The van der Waals surface area contributed by atoms with E-state index >= 15 is 0 Å². The van der Waals surface area contributed by atoms with E-state index < -0.39 is 0 Å². The number of nitrogens with one attached hydrogen (secondary N) is 1. The predicted octanol–water partition coefficient (Wildman–Crippen LogP) is 2.63. The topological polar surface area (TPSA) is 37.8 Å². The van der Waals surface area contributed by atoms with Crippen LogP contribution in [0.15, 0.2) is 12.3 Å². The normalized spacial score (nSPS) is 20.1. The maximum atomic E-state index is 4.38. The van der Waals surface area contributed by atoms with Crippen LogP contribution in [0.1, 0.15) is 31.5 Å². The van der Waals surface area contributed by atoms with Gasteiger partial charge in [-0.15, -0.1) is 0 Å². The van der Waals surface area contributed by atoms with Gasteiger partial charge in [-0.2, -0.15) is 0 Å². The predicted molar refractivity (Wildman–Crippen MR) is 64.2 cm³/mol. The van der Waals surface area contributed by atoms with E-state index in [0.29, 0.717) is 0 Å². The van der Waals surface area contributed by atoms with E-state index in [4.69, 9.17) is 0 Å². The van der Waals surface area contributed by atoms with Crippen LogP contribution in [0, 0.1) is 24.7 Å². The molecule has 0 spiro atoms. The third kappa shape index (κ3) is 2.34. The number of nitrogens with zero attached hydrogens (tertiary/aromatic N) is 2. The van der Waals surface area contributed by atoms with Crippen LogP contribution in [-0.4, -0.2) is 16.5 Å². The Morgan fingerprint density at radius 3 is 2.56 bits per heavy atom. The van der Waals surface area contributed by atoms with E-state index in [2.05, 4.69) is 15.3 Å². The molecule has 0 amide bonds. The summed E-state index contributed by atoms with van der Waals surface area (Å²) in [5, 5.41) is 3.48. The Bertz CT molecular complexity index is 357. The van der Waals surface area contributed by atoms with Gasteiger partial charge in [0, 0.05) is 12.7 Å². The monoisotopic (exact) mass is 217 g/mol. The van der Waals surface area contributed by atoms with Crippen molar-refractivity contribution in [2.45, 2.75) is 32.6 Å². The molecule has 0 aromatic carbocycles. The van der Waals surface area contributed by atoms with Gasteiger partial charge in [-0.3, -0.25) is 0 Å². The zero-order valence-corrected chi connectivity index (χ0v) is 9.82. The summed E-state index contributed by atoms with van der Waals surface area (Å²) in [4.78, 5) is 8.49. The van der Waals surface area contributed by atoms with Gasteiger partial charge in [-0.25, -0.2) is 9.97 Å². The Morgan fingerprint density at radius 2 is 2.00 bits per heavy atom. The second-order valence-corrected chi connectivity index (χ2v) is 5.21. The van der Waals surface area contributed by atoms with Crippen molar-refractivity contribution in [2.24, 2.45) is 17.8 Å². The first-order valence-electron chi connectivity index (χ1n) is 6.36. The molecule has 0 radical (unpaired) electrons.